The number of carbonyl (C=O) groups is 1. The number of piperidine rings is 1. The molecule has 0 unspecified atom stereocenters. The summed E-state index contributed by atoms with van der Waals surface area (Å²) in [5, 5.41) is 10.6. The number of ether oxygens (including phenoxy) is 2. The number of Topliss-reactive ketones (excluding diaryl/α,β-unsaturated/α-hetero) is 1. The number of likely N-dealkylation sites (N-methyl/N-ethyl adjacent to an activating group) is 1. The van der Waals surface area contributed by atoms with Gasteiger partial charge in [-0.1, -0.05) is 12.2 Å². The van der Waals surface area contributed by atoms with Crippen molar-refractivity contribution in [2.45, 2.75) is 42.7 Å². The average molecular weight is 395 g/mol. The van der Waals surface area contributed by atoms with E-state index in [1.807, 2.05) is 13.1 Å². The summed E-state index contributed by atoms with van der Waals surface area (Å²) in [4.78, 5) is 14.4. The lowest BCUT2D eigenvalue weighted by atomic mass is 9.53. The molecule has 0 saturated carbocycles. The highest BCUT2D eigenvalue weighted by atomic mass is 19.4. The van der Waals surface area contributed by atoms with Crippen LogP contribution < -0.4 is 9.47 Å². The third-order valence-corrected chi connectivity index (χ3v) is 6.99. The van der Waals surface area contributed by atoms with Crippen molar-refractivity contribution in [1.82, 2.24) is 4.90 Å². The van der Waals surface area contributed by atoms with Crippen LogP contribution in [0.5, 0.6) is 11.5 Å². The molecule has 5 nitrogen and oxygen atoms in total. The molecular weight excluding hydrogens is 375 g/mol. The van der Waals surface area contributed by atoms with Crippen LogP contribution in [0.2, 0.25) is 0 Å². The Morgan fingerprint density at radius 2 is 2.14 bits per heavy atom. The molecule has 1 saturated heterocycles. The van der Waals surface area contributed by atoms with E-state index in [0.29, 0.717) is 29.7 Å². The van der Waals surface area contributed by atoms with E-state index in [4.69, 9.17) is 9.47 Å². The van der Waals surface area contributed by atoms with E-state index in [0.717, 1.165) is 12.6 Å². The Kier molecular flexibility index (Phi) is 3.54. The Morgan fingerprint density at radius 1 is 1.39 bits per heavy atom. The van der Waals surface area contributed by atoms with Crippen molar-refractivity contribution in [1.29, 1.82) is 0 Å². The molecule has 8 heteroatoms. The largest absolute Gasteiger partial charge is 0.493 e. The van der Waals surface area contributed by atoms with Crippen LogP contribution in [0.1, 0.15) is 27.9 Å². The Hall–Kier alpha value is -2.06. The molecule has 1 aromatic rings. The van der Waals surface area contributed by atoms with E-state index < -0.39 is 29.6 Å². The summed E-state index contributed by atoms with van der Waals surface area (Å²) in [7, 11) is 3.29. The lowest BCUT2D eigenvalue weighted by Gasteiger charge is -2.56. The number of halogens is 3. The Morgan fingerprint density at radius 3 is 2.82 bits per heavy atom. The maximum Gasteiger partial charge on any atom is 0.454 e. The highest BCUT2D eigenvalue weighted by Gasteiger charge is 2.65. The number of hydrogen-bond acceptors (Lipinski definition) is 5. The second-order valence-corrected chi connectivity index (χ2v) is 8.12. The van der Waals surface area contributed by atoms with Crippen molar-refractivity contribution in [3.8, 4) is 11.5 Å². The molecule has 0 aromatic heterocycles. The molecule has 28 heavy (non-hydrogen) atoms. The molecule has 2 aliphatic heterocycles. The molecule has 2 bridgehead atoms. The number of benzene rings is 1. The van der Waals surface area contributed by atoms with E-state index in [9.17, 15) is 23.1 Å². The van der Waals surface area contributed by atoms with Crippen LogP contribution in [0.15, 0.2) is 18.2 Å². The number of aliphatic hydroxyl groups excluding tert-OH is 1. The van der Waals surface area contributed by atoms with Gasteiger partial charge in [0.05, 0.1) is 7.11 Å². The zero-order valence-corrected chi connectivity index (χ0v) is 15.4. The van der Waals surface area contributed by atoms with Gasteiger partial charge in [0.25, 0.3) is 5.78 Å². The fourth-order valence-electron chi connectivity index (χ4n) is 5.82. The van der Waals surface area contributed by atoms with Gasteiger partial charge in [0.1, 0.15) is 12.2 Å². The second kappa shape index (κ2) is 5.51. The van der Waals surface area contributed by atoms with Gasteiger partial charge in [0.2, 0.25) is 0 Å². The lowest BCUT2D eigenvalue weighted by molar-refractivity contribution is -0.0887. The van der Waals surface area contributed by atoms with E-state index in [-0.39, 0.29) is 23.3 Å². The zero-order valence-electron chi connectivity index (χ0n) is 15.4. The number of ketones is 1. The Bertz CT molecular complexity index is 912. The van der Waals surface area contributed by atoms with Crippen LogP contribution in [0, 0.1) is 5.92 Å². The fourth-order valence-corrected chi connectivity index (χ4v) is 5.82. The molecule has 150 valence electrons. The van der Waals surface area contributed by atoms with Crippen molar-refractivity contribution in [2.75, 3.05) is 20.7 Å². The number of nitrogens with zero attached hydrogens (tertiary/aromatic N) is 1. The summed E-state index contributed by atoms with van der Waals surface area (Å²) in [5.74, 6) is -1.39. The van der Waals surface area contributed by atoms with Gasteiger partial charge in [0, 0.05) is 28.5 Å². The lowest BCUT2D eigenvalue weighted by Crippen LogP contribution is -2.65. The van der Waals surface area contributed by atoms with Crippen LogP contribution in [-0.2, 0) is 11.8 Å². The summed E-state index contributed by atoms with van der Waals surface area (Å²) in [6.07, 6.45) is -1.82. The molecule has 0 radical (unpaired) electrons. The molecule has 5 atom stereocenters. The SMILES string of the molecule is COc1cc(C(=O)C(F)(F)F)c2c3c1O[C@H]1[C@@H](O)C=C[C@H]4[C@@H](C2)N(C)CC[C@@]341. The summed E-state index contributed by atoms with van der Waals surface area (Å²) >= 11 is 0. The summed E-state index contributed by atoms with van der Waals surface area (Å²) in [5.41, 5.74) is -0.00341. The minimum Gasteiger partial charge on any atom is -0.493 e. The maximum absolute atomic E-state index is 13.3. The highest BCUT2D eigenvalue weighted by molar-refractivity contribution is 6.03. The standard InChI is InChI=1S/C20H20F3NO4/c1-24-6-5-19-11-3-4-13(25)18(19)28-16-14(27-2)8-10(17(26)20(21,22)23)9(15(16)19)7-12(11)24/h3-4,8,11-13,18,25H,5-7H2,1-2H3/t11-,12+,13-,18-,19-/m0/s1. The summed E-state index contributed by atoms with van der Waals surface area (Å²) in [6, 6.07) is 1.09. The fraction of sp³-hybridized carbons (Fsp3) is 0.550. The molecule has 5 rings (SSSR count). The number of alkyl halides is 3. The van der Waals surface area contributed by atoms with Crippen LogP contribution in [0.4, 0.5) is 13.2 Å². The monoisotopic (exact) mass is 395 g/mol. The Labute approximate surface area is 159 Å². The van der Waals surface area contributed by atoms with Crippen LogP contribution in [0.3, 0.4) is 0 Å². The molecule has 2 aliphatic carbocycles. The zero-order chi connectivity index (χ0) is 20.0. The topological polar surface area (TPSA) is 59.0 Å². The smallest absolute Gasteiger partial charge is 0.454 e. The third kappa shape index (κ3) is 2.02. The summed E-state index contributed by atoms with van der Waals surface area (Å²) < 4.78 is 51.4. The number of methoxy groups -OCH3 is 1. The number of aliphatic hydroxyl groups is 1. The van der Waals surface area contributed by atoms with Gasteiger partial charge in [-0.25, -0.2) is 0 Å². The highest BCUT2D eigenvalue weighted by Crippen LogP contribution is 2.63. The first kappa shape index (κ1) is 18.0. The van der Waals surface area contributed by atoms with E-state index in [1.54, 1.807) is 6.08 Å². The van der Waals surface area contributed by atoms with Crippen molar-refractivity contribution in [3.63, 3.8) is 0 Å². The minimum atomic E-state index is -4.98. The van der Waals surface area contributed by atoms with Crippen molar-refractivity contribution in [2.24, 2.45) is 5.92 Å². The van der Waals surface area contributed by atoms with Crippen LogP contribution in [0.25, 0.3) is 0 Å². The molecule has 1 spiro atoms. The molecule has 1 aromatic carbocycles. The molecule has 4 aliphatic rings. The molecule has 1 N–H and O–H groups in total. The molecule has 2 heterocycles. The average Bonchev–Trinajstić information content (AvgIpc) is 2.99. The van der Waals surface area contributed by atoms with Gasteiger partial charge in [-0.15, -0.1) is 0 Å². The van der Waals surface area contributed by atoms with Crippen molar-refractivity contribution >= 4 is 5.78 Å². The van der Waals surface area contributed by atoms with Gasteiger partial charge in [0.15, 0.2) is 11.5 Å². The first-order valence-electron chi connectivity index (χ1n) is 9.29. The van der Waals surface area contributed by atoms with E-state index in [1.165, 1.54) is 7.11 Å². The molecular formula is C20H20F3NO4. The number of carbonyl (C=O) groups excluding carboxylic acids is 1. The van der Waals surface area contributed by atoms with E-state index >= 15 is 0 Å². The van der Waals surface area contributed by atoms with Gasteiger partial charge >= 0.3 is 6.18 Å². The van der Waals surface area contributed by atoms with Crippen LogP contribution in [-0.4, -0.2) is 60.9 Å². The first-order valence-corrected chi connectivity index (χ1v) is 9.29. The minimum absolute atomic E-state index is 0.00524. The quantitative estimate of drug-likeness (QED) is 0.615. The summed E-state index contributed by atoms with van der Waals surface area (Å²) in [6.45, 7) is 0.736. The predicted molar refractivity (Wildman–Crippen MR) is 92.8 cm³/mol. The van der Waals surface area contributed by atoms with E-state index in [2.05, 4.69) is 4.90 Å². The second-order valence-electron chi connectivity index (χ2n) is 8.12. The number of rotatable bonds is 2. The number of likely N-dealkylation sites (tertiary alicyclic amines) is 1. The first-order chi connectivity index (χ1) is 13.2. The van der Waals surface area contributed by atoms with Crippen molar-refractivity contribution in [3.05, 3.63) is 34.9 Å². The van der Waals surface area contributed by atoms with Gasteiger partial charge in [-0.3, -0.25) is 4.79 Å². The molecule has 0 amide bonds. The maximum atomic E-state index is 13.3. The number of hydrogen-bond donors (Lipinski definition) is 1. The van der Waals surface area contributed by atoms with Crippen LogP contribution >= 0.6 is 0 Å². The van der Waals surface area contributed by atoms with Gasteiger partial charge in [-0.2, -0.15) is 13.2 Å². The predicted octanol–water partition coefficient (Wildman–Crippen LogP) is 2.25. The Balaban J connectivity index is 1.83. The molecule has 1 fully saturated rings. The third-order valence-electron chi connectivity index (χ3n) is 6.99. The van der Waals surface area contributed by atoms with Gasteiger partial charge in [-0.05, 0) is 38.1 Å². The van der Waals surface area contributed by atoms with Gasteiger partial charge < -0.3 is 19.5 Å². The normalized spacial score (nSPS) is 35.4. The van der Waals surface area contributed by atoms with Crippen molar-refractivity contribution < 1.29 is 32.5 Å².